The number of hydrogen-bond donors (Lipinski definition) is 1. The van der Waals surface area contributed by atoms with Crippen LogP contribution in [0.15, 0.2) is 29.2 Å². The van der Waals surface area contributed by atoms with Crippen LogP contribution in [0.4, 0.5) is 4.79 Å². The zero-order valence-corrected chi connectivity index (χ0v) is 14.2. The molecule has 1 aromatic rings. The number of nitrogens with zero attached hydrogens (tertiary/aromatic N) is 1. The molecule has 23 heavy (non-hydrogen) atoms. The Kier molecular flexibility index (Phi) is 4.98. The van der Waals surface area contributed by atoms with Crippen LogP contribution in [0, 0.1) is 6.92 Å². The van der Waals surface area contributed by atoms with Crippen molar-refractivity contribution < 1.29 is 27.2 Å². The molecule has 2 rings (SSSR count). The van der Waals surface area contributed by atoms with E-state index < -0.39 is 27.9 Å². The second-order valence-electron chi connectivity index (χ2n) is 6.21. The molecule has 0 radical (unpaired) electrons. The second kappa shape index (κ2) is 6.46. The van der Waals surface area contributed by atoms with Gasteiger partial charge in [-0.05, 0) is 32.9 Å². The van der Waals surface area contributed by atoms with Crippen LogP contribution >= 0.6 is 0 Å². The normalized spacial score (nSPS) is 21.2. The third-order valence-corrected chi connectivity index (χ3v) is 4.77. The van der Waals surface area contributed by atoms with Crippen LogP contribution in [-0.2, 0) is 19.0 Å². The van der Waals surface area contributed by atoms with Crippen LogP contribution < -0.4 is 0 Å². The summed E-state index contributed by atoms with van der Waals surface area (Å²) in [5.74, 6) is 0. The van der Waals surface area contributed by atoms with Gasteiger partial charge in [-0.15, -0.1) is 0 Å². The molecule has 128 valence electrons. The Hall–Kier alpha value is -1.64. The summed E-state index contributed by atoms with van der Waals surface area (Å²) >= 11 is 0. The molecule has 0 aromatic heterocycles. The van der Waals surface area contributed by atoms with Gasteiger partial charge in [0.1, 0.15) is 6.10 Å². The number of benzene rings is 1. The number of amides is 1. The van der Waals surface area contributed by atoms with E-state index in [1.54, 1.807) is 26.0 Å². The van der Waals surface area contributed by atoms with Crippen molar-refractivity contribution >= 4 is 16.2 Å². The Morgan fingerprint density at radius 2 is 2.00 bits per heavy atom. The highest BCUT2D eigenvalue weighted by molar-refractivity contribution is 7.86. The van der Waals surface area contributed by atoms with Gasteiger partial charge in [-0.2, -0.15) is 8.42 Å². The van der Waals surface area contributed by atoms with E-state index in [4.69, 9.17) is 14.0 Å². The molecule has 1 unspecified atom stereocenters. The standard InChI is InChI=1S/C15H21NO6S/c1-11-4-6-13(7-5-11)23(19,20)21-9-12-8-16(14(17)18)10-15(2,3)22-12/h4-7,12H,8-10H2,1-3H3,(H,17,18). The van der Waals surface area contributed by atoms with E-state index in [0.29, 0.717) is 0 Å². The molecule has 8 heteroatoms. The first kappa shape index (κ1) is 17.7. The minimum absolute atomic E-state index is 0.0632. The number of aryl methyl sites for hydroxylation is 1. The first-order valence-electron chi connectivity index (χ1n) is 7.21. The number of carbonyl (C=O) groups is 1. The van der Waals surface area contributed by atoms with Crippen LogP contribution in [0.25, 0.3) is 0 Å². The lowest BCUT2D eigenvalue weighted by atomic mass is 10.1. The van der Waals surface area contributed by atoms with Crippen LogP contribution in [-0.4, -0.2) is 55.9 Å². The molecule has 0 saturated carbocycles. The van der Waals surface area contributed by atoms with Crippen LogP contribution in [0.2, 0.25) is 0 Å². The fraction of sp³-hybridized carbons (Fsp3) is 0.533. The molecule has 1 N–H and O–H groups in total. The number of hydrogen-bond acceptors (Lipinski definition) is 5. The molecular formula is C15H21NO6S. The van der Waals surface area contributed by atoms with Crippen molar-refractivity contribution in [3.8, 4) is 0 Å². The van der Waals surface area contributed by atoms with Crippen LogP contribution in [0.3, 0.4) is 0 Å². The first-order chi connectivity index (χ1) is 10.6. The van der Waals surface area contributed by atoms with Gasteiger partial charge >= 0.3 is 6.09 Å². The molecule has 1 saturated heterocycles. The summed E-state index contributed by atoms with van der Waals surface area (Å²) in [7, 11) is -3.90. The van der Waals surface area contributed by atoms with Gasteiger partial charge in [0, 0.05) is 0 Å². The summed E-state index contributed by atoms with van der Waals surface area (Å²) in [6.07, 6.45) is -1.71. The van der Waals surface area contributed by atoms with Gasteiger partial charge < -0.3 is 14.7 Å². The lowest BCUT2D eigenvalue weighted by Crippen LogP contribution is -2.55. The van der Waals surface area contributed by atoms with Gasteiger partial charge in [-0.1, -0.05) is 17.7 Å². The quantitative estimate of drug-likeness (QED) is 0.839. The summed E-state index contributed by atoms with van der Waals surface area (Å²) in [5.41, 5.74) is 0.247. The highest BCUT2D eigenvalue weighted by Gasteiger charge is 2.36. The van der Waals surface area contributed by atoms with Crippen molar-refractivity contribution in [2.24, 2.45) is 0 Å². The number of rotatable bonds is 4. The van der Waals surface area contributed by atoms with Gasteiger partial charge in [0.2, 0.25) is 0 Å². The summed E-state index contributed by atoms with van der Waals surface area (Å²) in [4.78, 5) is 12.4. The van der Waals surface area contributed by atoms with Gasteiger partial charge in [-0.3, -0.25) is 4.18 Å². The average molecular weight is 343 g/mol. The minimum atomic E-state index is -3.90. The van der Waals surface area contributed by atoms with Crippen molar-refractivity contribution in [2.75, 3.05) is 19.7 Å². The van der Waals surface area contributed by atoms with Gasteiger partial charge in [0.15, 0.2) is 0 Å². The molecule has 1 amide bonds. The zero-order valence-electron chi connectivity index (χ0n) is 13.4. The fourth-order valence-electron chi connectivity index (χ4n) is 2.47. The van der Waals surface area contributed by atoms with Crippen molar-refractivity contribution in [1.29, 1.82) is 0 Å². The Labute approximate surface area is 135 Å². The van der Waals surface area contributed by atoms with Gasteiger partial charge in [0.25, 0.3) is 10.1 Å². The Morgan fingerprint density at radius 1 is 1.39 bits per heavy atom. The maximum Gasteiger partial charge on any atom is 0.407 e. The van der Waals surface area contributed by atoms with E-state index in [1.807, 2.05) is 6.92 Å². The monoisotopic (exact) mass is 343 g/mol. The third-order valence-electron chi connectivity index (χ3n) is 3.47. The summed E-state index contributed by atoms with van der Waals surface area (Å²) in [6, 6.07) is 6.31. The van der Waals surface area contributed by atoms with E-state index in [9.17, 15) is 13.2 Å². The Morgan fingerprint density at radius 3 is 2.57 bits per heavy atom. The largest absolute Gasteiger partial charge is 0.465 e. The predicted molar refractivity (Wildman–Crippen MR) is 82.9 cm³/mol. The highest BCUT2D eigenvalue weighted by atomic mass is 32.2. The zero-order chi connectivity index (χ0) is 17.3. The average Bonchev–Trinajstić information content (AvgIpc) is 2.44. The number of morpholine rings is 1. The van der Waals surface area contributed by atoms with Crippen molar-refractivity contribution in [3.05, 3.63) is 29.8 Å². The topological polar surface area (TPSA) is 93.1 Å². The van der Waals surface area contributed by atoms with E-state index in [-0.39, 0.29) is 24.6 Å². The van der Waals surface area contributed by atoms with Gasteiger partial charge in [-0.25, -0.2) is 4.79 Å². The molecular weight excluding hydrogens is 322 g/mol. The molecule has 1 aliphatic heterocycles. The maximum absolute atomic E-state index is 12.2. The fourth-order valence-corrected chi connectivity index (χ4v) is 3.40. The molecule has 0 bridgehead atoms. The smallest absolute Gasteiger partial charge is 0.407 e. The minimum Gasteiger partial charge on any atom is -0.465 e. The maximum atomic E-state index is 12.2. The lowest BCUT2D eigenvalue weighted by Gasteiger charge is -2.41. The molecule has 7 nitrogen and oxygen atoms in total. The second-order valence-corrected chi connectivity index (χ2v) is 7.83. The predicted octanol–water partition coefficient (Wildman–Crippen LogP) is 1.86. The molecule has 1 aromatic carbocycles. The highest BCUT2D eigenvalue weighted by Crippen LogP contribution is 2.22. The number of carboxylic acid groups (broad SMARTS) is 1. The first-order valence-corrected chi connectivity index (χ1v) is 8.62. The molecule has 0 spiro atoms. The van der Waals surface area contributed by atoms with E-state index in [2.05, 4.69) is 0 Å². The SMILES string of the molecule is Cc1ccc(S(=O)(=O)OCC2CN(C(=O)O)CC(C)(C)O2)cc1. The van der Waals surface area contributed by atoms with Crippen LogP contribution in [0.5, 0.6) is 0 Å². The Balaban J connectivity index is 2.04. The van der Waals surface area contributed by atoms with E-state index in [1.165, 1.54) is 17.0 Å². The van der Waals surface area contributed by atoms with Crippen molar-refractivity contribution in [2.45, 2.75) is 37.4 Å². The van der Waals surface area contributed by atoms with Crippen molar-refractivity contribution in [3.63, 3.8) is 0 Å². The lowest BCUT2D eigenvalue weighted by molar-refractivity contribution is -0.138. The van der Waals surface area contributed by atoms with E-state index in [0.717, 1.165) is 5.56 Å². The Bertz CT molecular complexity index is 668. The van der Waals surface area contributed by atoms with Crippen LogP contribution in [0.1, 0.15) is 19.4 Å². The van der Waals surface area contributed by atoms with Crippen molar-refractivity contribution in [1.82, 2.24) is 4.90 Å². The third kappa shape index (κ3) is 4.66. The van der Waals surface area contributed by atoms with E-state index >= 15 is 0 Å². The van der Waals surface area contributed by atoms with Gasteiger partial charge in [0.05, 0.1) is 30.2 Å². The summed E-state index contributed by atoms with van der Waals surface area (Å²) in [6.45, 7) is 5.43. The molecule has 1 aliphatic rings. The number of ether oxygens (including phenoxy) is 1. The molecule has 1 fully saturated rings. The molecule has 1 heterocycles. The molecule has 0 aliphatic carbocycles. The summed E-state index contributed by atoms with van der Waals surface area (Å²) < 4.78 is 35.1. The molecule has 1 atom stereocenters. The summed E-state index contributed by atoms with van der Waals surface area (Å²) in [5, 5.41) is 9.13.